The maximum atomic E-state index is 12.6. The Balaban J connectivity index is 1.75. The summed E-state index contributed by atoms with van der Waals surface area (Å²) in [4.78, 5) is 38.1. The topological polar surface area (TPSA) is 94.2 Å². The Morgan fingerprint density at radius 3 is 2.72 bits per heavy atom. The molecule has 8 nitrogen and oxygen atoms in total. The Hall–Kier alpha value is -3.55. The van der Waals surface area contributed by atoms with Gasteiger partial charge in [-0.3, -0.25) is 19.3 Å². The number of ether oxygens (including phenoxy) is 3. The predicted molar refractivity (Wildman–Crippen MR) is 106 cm³/mol. The van der Waals surface area contributed by atoms with Crippen LogP contribution in [0.15, 0.2) is 42.5 Å². The number of carbonyl (C=O) groups is 3. The lowest BCUT2D eigenvalue weighted by Crippen LogP contribution is -2.45. The Kier molecular flexibility index (Phi) is 6.33. The smallest absolute Gasteiger partial charge is 0.265 e. The van der Waals surface area contributed by atoms with Gasteiger partial charge in [-0.25, -0.2) is 0 Å². The fourth-order valence-electron chi connectivity index (χ4n) is 2.87. The molecule has 0 aliphatic carbocycles. The molecule has 2 amide bonds. The van der Waals surface area contributed by atoms with Gasteiger partial charge in [-0.1, -0.05) is 6.07 Å². The van der Waals surface area contributed by atoms with Crippen molar-refractivity contribution in [2.24, 2.45) is 0 Å². The second-order valence-electron chi connectivity index (χ2n) is 6.30. The highest BCUT2D eigenvalue weighted by Gasteiger charge is 2.28. The number of methoxy groups -OCH3 is 1. The highest BCUT2D eigenvalue weighted by Crippen LogP contribution is 2.33. The highest BCUT2D eigenvalue weighted by atomic mass is 16.5. The molecule has 0 saturated carbocycles. The van der Waals surface area contributed by atoms with Crippen molar-refractivity contribution in [2.75, 3.05) is 38.3 Å². The normalized spacial score (nSPS) is 12.6. The largest absolute Gasteiger partial charge is 0.497 e. The summed E-state index contributed by atoms with van der Waals surface area (Å²) < 4.78 is 16.1. The molecule has 0 radical (unpaired) electrons. The van der Waals surface area contributed by atoms with E-state index in [0.717, 1.165) is 0 Å². The standard InChI is InChI=1S/C21H22N2O6/c1-3-22-20(25)11-23-17-9-14(7-8-19(17)29-13-21(23)26)18(24)12-28-16-6-4-5-15(10-16)27-2/h4-10H,3,11-13H2,1-2H3,(H,22,25). The monoisotopic (exact) mass is 398 g/mol. The molecule has 1 aliphatic rings. The van der Waals surface area contributed by atoms with E-state index in [4.69, 9.17) is 14.2 Å². The number of Topliss-reactive ketones (excluding diaryl/α,β-unsaturated/α-hetero) is 1. The molecule has 152 valence electrons. The van der Waals surface area contributed by atoms with Crippen LogP contribution in [-0.2, 0) is 9.59 Å². The molecule has 0 fully saturated rings. The molecule has 0 aromatic heterocycles. The molecule has 29 heavy (non-hydrogen) atoms. The van der Waals surface area contributed by atoms with Crippen LogP contribution < -0.4 is 24.4 Å². The molecule has 1 aliphatic heterocycles. The summed E-state index contributed by atoms with van der Waals surface area (Å²) in [6.07, 6.45) is 0. The van der Waals surface area contributed by atoms with E-state index >= 15 is 0 Å². The summed E-state index contributed by atoms with van der Waals surface area (Å²) in [6.45, 7) is 1.78. The van der Waals surface area contributed by atoms with Crippen molar-refractivity contribution in [3.05, 3.63) is 48.0 Å². The first-order valence-electron chi connectivity index (χ1n) is 9.15. The number of fused-ring (bicyclic) bond motifs is 1. The predicted octanol–water partition coefficient (Wildman–Crippen LogP) is 1.82. The summed E-state index contributed by atoms with van der Waals surface area (Å²) in [6, 6.07) is 11.7. The molecular weight excluding hydrogens is 376 g/mol. The van der Waals surface area contributed by atoms with Gasteiger partial charge < -0.3 is 19.5 Å². The number of amides is 2. The summed E-state index contributed by atoms with van der Waals surface area (Å²) in [5.41, 5.74) is 0.741. The van der Waals surface area contributed by atoms with Gasteiger partial charge in [0.05, 0.1) is 12.8 Å². The van der Waals surface area contributed by atoms with Gasteiger partial charge in [0.15, 0.2) is 19.0 Å². The van der Waals surface area contributed by atoms with Crippen molar-refractivity contribution < 1.29 is 28.6 Å². The number of hydrogen-bond donors (Lipinski definition) is 1. The van der Waals surface area contributed by atoms with E-state index in [1.54, 1.807) is 56.5 Å². The summed E-state index contributed by atoms with van der Waals surface area (Å²) >= 11 is 0. The van der Waals surface area contributed by atoms with Crippen LogP contribution in [0, 0.1) is 0 Å². The molecule has 0 bridgehead atoms. The second-order valence-corrected chi connectivity index (χ2v) is 6.30. The number of ketones is 1. The first-order chi connectivity index (χ1) is 14.0. The van der Waals surface area contributed by atoms with Crippen molar-refractivity contribution in [1.29, 1.82) is 0 Å². The zero-order chi connectivity index (χ0) is 20.8. The van der Waals surface area contributed by atoms with E-state index in [-0.39, 0.29) is 37.4 Å². The first-order valence-corrected chi connectivity index (χ1v) is 9.15. The second kappa shape index (κ2) is 9.09. The molecule has 1 heterocycles. The van der Waals surface area contributed by atoms with Crippen LogP contribution in [0.2, 0.25) is 0 Å². The van der Waals surface area contributed by atoms with Crippen LogP contribution >= 0.6 is 0 Å². The van der Waals surface area contributed by atoms with Crippen LogP contribution in [-0.4, -0.2) is 51.0 Å². The fourth-order valence-corrected chi connectivity index (χ4v) is 2.87. The number of carbonyl (C=O) groups excluding carboxylic acids is 3. The minimum Gasteiger partial charge on any atom is -0.497 e. The Bertz CT molecular complexity index is 927. The van der Waals surface area contributed by atoms with Gasteiger partial charge in [-0.05, 0) is 37.3 Å². The number of likely N-dealkylation sites (N-methyl/N-ethyl adjacent to an activating group) is 1. The van der Waals surface area contributed by atoms with E-state index in [2.05, 4.69) is 5.32 Å². The third-order valence-corrected chi connectivity index (χ3v) is 4.31. The average molecular weight is 398 g/mol. The van der Waals surface area contributed by atoms with Crippen molar-refractivity contribution in [1.82, 2.24) is 5.32 Å². The van der Waals surface area contributed by atoms with Gasteiger partial charge in [0, 0.05) is 18.2 Å². The summed E-state index contributed by atoms with van der Waals surface area (Å²) in [5.74, 6) is 0.672. The zero-order valence-electron chi connectivity index (χ0n) is 16.3. The number of benzene rings is 2. The van der Waals surface area contributed by atoms with Gasteiger partial charge in [-0.2, -0.15) is 0 Å². The lowest BCUT2D eigenvalue weighted by atomic mass is 10.1. The van der Waals surface area contributed by atoms with E-state index in [0.29, 0.717) is 35.0 Å². The van der Waals surface area contributed by atoms with E-state index < -0.39 is 0 Å². The van der Waals surface area contributed by atoms with E-state index in [9.17, 15) is 14.4 Å². The van der Waals surface area contributed by atoms with Crippen molar-refractivity contribution in [2.45, 2.75) is 6.92 Å². The molecule has 2 aromatic carbocycles. The fraction of sp³-hybridized carbons (Fsp3) is 0.286. The maximum Gasteiger partial charge on any atom is 0.265 e. The minimum absolute atomic E-state index is 0.138. The van der Waals surface area contributed by atoms with Crippen LogP contribution in [0.1, 0.15) is 17.3 Å². The molecule has 2 aromatic rings. The summed E-state index contributed by atoms with van der Waals surface area (Å²) in [7, 11) is 1.55. The number of anilines is 1. The quantitative estimate of drug-likeness (QED) is 0.682. The van der Waals surface area contributed by atoms with Crippen LogP contribution in [0.25, 0.3) is 0 Å². The molecule has 1 N–H and O–H groups in total. The number of hydrogen-bond acceptors (Lipinski definition) is 6. The lowest BCUT2D eigenvalue weighted by Gasteiger charge is -2.29. The highest BCUT2D eigenvalue weighted by molar-refractivity contribution is 6.04. The lowest BCUT2D eigenvalue weighted by molar-refractivity contribution is -0.125. The van der Waals surface area contributed by atoms with Gasteiger partial charge in [0.2, 0.25) is 5.91 Å². The van der Waals surface area contributed by atoms with Crippen LogP contribution in [0.5, 0.6) is 17.2 Å². The molecule has 0 unspecified atom stereocenters. The van der Waals surface area contributed by atoms with Gasteiger partial charge >= 0.3 is 0 Å². The molecule has 0 saturated heterocycles. The molecule has 0 spiro atoms. The minimum atomic E-state index is -0.346. The summed E-state index contributed by atoms with van der Waals surface area (Å²) in [5, 5.41) is 2.66. The Morgan fingerprint density at radius 1 is 1.17 bits per heavy atom. The Labute approximate surface area is 168 Å². The van der Waals surface area contributed by atoms with Crippen LogP contribution in [0.3, 0.4) is 0 Å². The maximum absolute atomic E-state index is 12.6. The number of nitrogens with zero attached hydrogens (tertiary/aromatic N) is 1. The SMILES string of the molecule is CCNC(=O)CN1C(=O)COc2ccc(C(=O)COc3cccc(OC)c3)cc21. The number of rotatable bonds is 8. The molecule has 8 heteroatoms. The van der Waals surface area contributed by atoms with Crippen molar-refractivity contribution in [3.63, 3.8) is 0 Å². The molecule has 3 rings (SSSR count). The number of nitrogens with one attached hydrogen (secondary N) is 1. The van der Waals surface area contributed by atoms with E-state index in [1.807, 2.05) is 0 Å². The van der Waals surface area contributed by atoms with E-state index in [1.165, 1.54) is 4.90 Å². The van der Waals surface area contributed by atoms with Gasteiger partial charge in [-0.15, -0.1) is 0 Å². The molecular formula is C21H22N2O6. The van der Waals surface area contributed by atoms with Gasteiger partial charge in [0.25, 0.3) is 5.91 Å². The van der Waals surface area contributed by atoms with Crippen LogP contribution in [0.4, 0.5) is 5.69 Å². The van der Waals surface area contributed by atoms with Gasteiger partial charge in [0.1, 0.15) is 23.8 Å². The Morgan fingerprint density at radius 2 is 1.97 bits per heavy atom. The van der Waals surface area contributed by atoms with Crippen molar-refractivity contribution >= 4 is 23.3 Å². The molecule has 0 atom stereocenters. The third-order valence-electron chi connectivity index (χ3n) is 4.31. The zero-order valence-corrected chi connectivity index (χ0v) is 16.3. The average Bonchev–Trinajstić information content (AvgIpc) is 2.74. The van der Waals surface area contributed by atoms with Crippen molar-refractivity contribution in [3.8, 4) is 17.2 Å². The first kappa shape index (κ1) is 20.2. The third kappa shape index (κ3) is 4.84.